The van der Waals surface area contributed by atoms with Crippen LogP contribution in [0.5, 0.6) is 0 Å². The van der Waals surface area contributed by atoms with Crippen LogP contribution in [-0.4, -0.2) is 31.0 Å². The fourth-order valence-corrected chi connectivity index (χ4v) is 2.77. The molecular weight excluding hydrogens is 292 g/mol. The minimum Gasteiger partial charge on any atom is -0.355 e. The van der Waals surface area contributed by atoms with E-state index in [4.69, 9.17) is 4.52 Å². The summed E-state index contributed by atoms with van der Waals surface area (Å²) >= 11 is 1.34. The molecule has 9 heteroatoms. The van der Waals surface area contributed by atoms with Gasteiger partial charge in [0.15, 0.2) is 16.4 Å². The Morgan fingerprint density at radius 1 is 1.33 bits per heavy atom. The maximum Gasteiger partial charge on any atom is 0.256 e. The van der Waals surface area contributed by atoms with Crippen molar-refractivity contribution in [3.63, 3.8) is 0 Å². The molecule has 3 aromatic heterocycles. The van der Waals surface area contributed by atoms with Crippen molar-refractivity contribution in [3.8, 4) is 11.5 Å². The minimum atomic E-state index is -0.665. The Morgan fingerprint density at radius 3 is 2.81 bits per heavy atom. The average molecular weight is 302 g/mol. The number of nitrogens with one attached hydrogen (secondary N) is 1. The van der Waals surface area contributed by atoms with E-state index in [0.29, 0.717) is 16.6 Å². The zero-order valence-corrected chi connectivity index (χ0v) is 11.6. The van der Waals surface area contributed by atoms with Crippen molar-refractivity contribution in [1.29, 1.82) is 0 Å². The van der Waals surface area contributed by atoms with E-state index in [2.05, 4.69) is 25.7 Å². The van der Waals surface area contributed by atoms with Gasteiger partial charge in [-0.05, 0) is 12.8 Å². The van der Waals surface area contributed by atoms with E-state index in [1.165, 1.54) is 16.1 Å². The maximum atomic E-state index is 12.4. The van der Waals surface area contributed by atoms with Gasteiger partial charge in [-0.15, -0.1) is 11.3 Å². The van der Waals surface area contributed by atoms with Gasteiger partial charge in [-0.3, -0.25) is 10.1 Å². The molecule has 0 aromatic carbocycles. The van der Waals surface area contributed by atoms with Crippen LogP contribution in [0.3, 0.4) is 0 Å². The van der Waals surface area contributed by atoms with Gasteiger partial charge < -0.3 is 4.52 Å². The number of carbonyl (C=O) groups excluding carboxylic acids is 1. The normalized spacial score (nSPS) is 15.8. The molecule has 0 aliphatic heterocycles. The zero-order valence-electron chi connectivity index (χ0n) is 10.8. The van der Waals surface area contributed by atoms with Crippen LogP contribution in [0, 0.1) is 0 Å². The first-order chi connectivity index (χ1) is 10.3. The number of nitrogens with zero attached hydrogens (tertiary/aromatic N) is 5. The number of thiazole rings is 1. The standard InChI is InChI=1S/C12H10N6O2S/c19-10(12(2-3-12)18-13-5-6-14-18)17-11-16-8(7-21-11)9-1-4-15-20-9/h1,4-7H,2-3H2,(H,16,17,19). The van der Waals surface area contributed by atoms with Crippen LogP contribution in [-0.2, 0) is 10.3 Å². The van der Waals surface area contributed by atoms with Crippen molar-refractivity contribution in [2.45, 2.75) is 18.4 Å². The molecule has 3 heterocycles. The predicted molar refractivity (Wildman–Crippen MR) is 73.5 cm³/mol. The maximum absolute atomic E-state index is 12.4. The number of amides is 1. The first kappa shape index (κ1) is 12.2. The van der Waals surface area contributed by atoms with Crippen molar-refractivity contribution < 1.29 is 9.32 Å². The zero-order chi connectivity index (χ0) is 14.3. The van der Waals surface area contributed by atoms with Gasteiger partial charge in [0, 0.05) is 11.4 Å². The lowest BCUT2D eigenvalue weighted by Gasteiger charge is -2.12. The molecule has 1 aliphatic carbocycles. The highest BCUT2D eigenvalue weighted by Gasteiger charge is 2.54. The van der Waals surface area contributed by atoms with Crippen LogP contribution in [0.15, 0.2) is 34.6 Å². The Bertz CT molecular complexity index is 760. The number of rotatable bonds is 4. The number of anilines is 1. The third-order valence-electron chi connectivity index (χ3n) is 3.36. The van der Waals surface area contributed by atoms with Crippen LogP contribution in [0.1, 0.15) is 12.8 Å². The largest absolute Gasteiger partial charge is 0.355 e. The molecule has 21 heavy (non-hydrogen) atoms. The highest BCUT2D eigenvalue weighted by Crippen LogP contribution is 2.43. The topological polar surface area (TPSA) is 98.7 Å². The Morgan fingerprint density at radius 2 is 2.14 bits per heavy atom. The van der Waals surface area contributed by atoms with Crippen molar-refractivity contribution in [1.82, 2.24) is 25.1 Å². The lowest BCUT2D eigenvalue weighted by molar-refractivity contribution is -0.121. The summed E-state index contributed by atoms with van der Waals surface area (Å²) in [6.45, 7) is 0. The molecule has 4 rings (SSSR count). The second-order valence-corrected chi connectivity index (χ2v) is 5.58. The second-order valence-electron chi connectivity index (χ2n) is 4.72. The molecule has 0 bridgehead atoms. The Hall–Kier alpha value is -2.55. The molecule has 1 saturated carbocycles. The molecule has 1 fully saturated rings. The van der Waals surface area contributed by atoms with E-state index in [0.717, 1.165) is 12.8 Å². The second kappa shape index (κ2) is 4.48. The fourth-order valence-electron chi connectivity index (χ4n) is 2.08. The van der Waals surface area contributed by atoms with Crippen LogP contribution >= 0.6 is 11.3 Å². The molecule has 0 saturated heterocycles. The van der Waals surface area contributed by atoms with E-state index in [9.17, 15) is 4.79 Å². The van der Waals surface area contributed by atoms with E-state index >= 15 is 0 Å². The van der Waals surface area contributed by atoms with Crippen LogP contribution in [0.2, 0.25) is 0 Å². The summed E-state index contributed by atoms with van der Waals surface area (Å²) in [5, 5.41) is 16.9. The number of aromatic nitrogens is 5. The van der Waals surface area contributed by atoms with Gasteiger partial charge in [-0.25, -0.2) is 4.98 Å². The van der Waals surface area contributed by atoms with Gasteiger partial charge in [0.05, 0.1) is 18.6 Å². The van der Waals surface area contributed by atoms with Gasteiger partial charge in [0.25, 0.3) is 5.91 Å². The highest BCUT2D eigenvalue weighted by atomic mass is 32.1. The Kier molecular flexibility index (Phi) is 2.61. The number of hydrogen-bond donors (Lipinski definition) is 1. The van der Waals surface area contributed by atoms with E-state index < -0.39 is 5.54 Å². The molecule has 0 radical (unpaired) electrons. The van der Waals surface area contributed by atoms with Gasteiger partial charge in [-0.2, -0.15) is 15.0 Å². The van der Waals surface area contributed by atoms with E-state index in [-0.39, 0.29) is 5.91 Å². The molecule has 0 atom stereocenters. The molecule has 1 amide bonds. The molecule has 106 valence electrons. The summed E-state index contributed by atoms with van der Waals surface area (Å²) < 4.78 is 5.03. The molecule has 0 spiro atoms. The highest BCUT2D eigenvalue weighted by molar-refractivity contribution is 7.14. The summed E-state index contributed by atoms with van der Waals surface area (Å²) in [6, 6.07) is 1.72. The fraction of sp³-hybridized carbons (Fsp3) is 0.250. The Labute approximate surface area is 122 Å². The third kappa shape index (κ3) is 2.02. The van der Waals surface area contributed by atoms with Crippen molar-refractivity contribution in [3.05, 3.63) is 30.0 Å². The Balaban J connectivity index is 1.53. The van der Waals surface area contributed by atoms with E-state index in [1.807, 2.05) is 5.38 Å². The van der Waals surface area contributed by atoms with Crippen LogP contribution in [0.4, 0.5) is 5.13 Å². The molecule has 3 aromatic rings. The molecule has 8 nitrogen and oxygen atoms in total. The number of hydrogen-bond acceptors (Lipinski definition) is 7. The first-order valence-electron chi connectivity index (χ1n) is 6.33. The molecule has 1 aliphatic rings. The van der Waals surface area contributed by atoms with Crippen LogP contribution in [0.25, 0.3) is 11.5 Å². The van der Waals surface area contributed by atoms with E-state index in [1.54, 1.807) is 24.7 Å². The van der Waals surface area contributed by atoms with Crippen molar-refractivity contribution in [2.75, 3.05) is 5.32 Å². The van der Waals surface area contributed by atoms with Gasteiger partial charge in [0.2, 0.25) is 0 Å². The minimum absolute atomic E-state index is 0.142. The summed E-state index contributed by atoms with van der Waals surface area (Å²) in [5.41, 5.74) is -0.0171. The predicted octanol–water partition coefficient (Wildman–Crippen LogP) is 1.52. The molecule has 0 unspecified atom stereocenters. The quantitative estimate of drug-likeness (QED) is 0.784. The van der Waals surface area contributed by atoms with Gasteiger partial charge in [0.1, 0.15) is 5.69 Å². The molecular formula is C12H10N6O2S. The smallest absolute Gasteiger partial charge is 0.256 e. The monoisotopic (exact) mass is 302 g/mol. The average Bonchev–Trinajstić information content (AvgIpc) is 3.00. The SMILES string of the molecule is O=C(Nc1nc(-c2ccno2)cs1)C1(n2nccn2)CC1. The lowest BCUT2D eigenvalue weighted by Crippen LogP contribution is -2.34. The lowest BCUT2D eigenvalue weighted by atomic mass is 10.3. The number of carbonyl (C=O) groups is 1. The van der Waals surface area contributed by atoms with Crippen LogP contribution < -0.4 is 5.32 Å². The summed E-state index contributed by atoms with van der Waals surface area (Å²) in [5.74, 6) is 0.429. The third-order valence-corrected chi connectivity index (χ3v) is 4.12. The van der Waals surface area contributed by atoms with Crippen molar-refractivity contribution in [2.24, 2.45) is 0 Å². The summed E-state index contributed by atoms with van der Waals surface area (Å²) in [7, 11) is 0. The van der Waals surface area contributed by atoms with Crippen molar-refractivity contribution >= 4 is 22.4 Å². The molecule has 1 N–H and O–H groups in total. The summed E-state index contributed by atoms with van der Waals surface area (Å²) in [6.07, 6.45) is 6.15. The van der Waals surface area contributed by atoms with Gasteiger partial charge in [-0.1, -0.05) is 5.16 Å². The summed E-state index contributed by atoms with van der Waals surface area (Å²) in [4.78, 5) is 18.2. The first-order valence-corrected chi connectivity index (χ1v) is 7.21. The van der Waals surface area contributed by atoms with Gasteiger partial charge >= 0.3 is 0 Å².